The second-order valence-electron chi connectivity index (χ2n) is 6.37. The maximum absolute atomic E-state index is 6.05. The van der Waals surface area contributed by atoms with Crippen molar-refractivity contribution >= 4 is 17.5 Å². The summed E-state index contributed by atoms with van der Waals surface area (Å²) in [6, 6.07) is 13.6. The minimum absolute atomic E-state index is 0.649. The van der Waals surface area contributed by atoms with E-state index in [-0.39, 0.29) is 0 Å². The minimum Gasteiger partial charge on any atom is -0.345 e. The first-order valence-corrected chi connectivity index (χ1v) is 9.32. The number of benzene rings is 1. The first kappa shape index (κ1) is 18.1. The molecule has 0 aliphatic rings. The molecule has 0 bridgehead atoms. The van der Waals surface area contributed by atoms with Crippen LogP contribution in [0.5, 0.6) is 0 Å². The van der Waals surface area contributed by atoms with E-state index in [2.05, 4.69) is 19.9 Å². The number of aromatic nitrogens is 5. The van der Waals surface area contributed by atoms with E-state index in [1.807, 2.05) is 66.8 Å². The number of likely N-dealkylation sites (N-methyl/N-ethyl adjacent to an activating group) is 1. The van der Waals surface area contributed by atoms with Crippen LogP contribution in [-0.2, 0) is 6.42 Å². The van der Waals surface area contributed by atoms with Gasteiger partial charge < -0.3 is 9.88 Å². The molecule has 0 spiro atoms. The van der Waals surface area contributed by atoms with Crippen LogP contribution in [0.15, 0.2) is 67.3 Å². The standard InChI is InChI=1S/C21H19ClN6/c1-28(13-9-17-4-2-3-10-23-17)21-26-14-18(20-24-11-12-25-20)19(27-21)15-5-7-16(22)8-6-15/h2-8,10-12,14H,9,13H2,1H3,(H,24,25). The lowest BCUT2D eigenvalue weighted by Crippen LogP contribution is -2.23. The SMILES string of the molecule is CN(CCc1ccccn1)c1ncc(-c2ncc[nH]2)c(-c2ccc(Cl)cc2)n1. The zero-order valence-corrected chi connectivity index (χ0v) is 16.1. The van der Waals surface area contributed by atoms with Crippen LogP contribution in [-0.4, -0.2) is 38.5 Å². The molecule has 140 valence electrons. The summed E-state index contributed by atoms with van der Waals surface area (Å²) in [6.07, 6.45) is 7.93. The van der Waals surface area contributed by atoms with Crippen molar-refractivity contribution in [2.24, 2.45) is 0 Å². The highest BCUT2D eigenvalue weighted by atomic mass is 35.5. The van der Waals surface area contributed by atoms with Crippen LogP contribution in [0.25, 0.3) is 22.6 Å². The fourth-order valence-electron chi connectivity index (χ4n) is 2.90. The minimum atomic E-state index is 0.649. The van der Waals surface area contributed by atoms with Crippen molar-refractivity contribution in [3.63, 3.8) is 0 Å². The molecule has 4 aromatic rings. The Bertz CT molecular complexity index is 1030. The van der Waals surface area contributed by atoms with Crippen LogP contribution in [0.4, 0.5) is 5.95 Å². The smallest absolute Gasteiger partial charge is 0.225 e. The summed E-state index contributed by atoms with van der Waals surface area (Å²) in [5, 5.41) is 0.685. The van der Waals surface area contributed by atoms with Gasteiger partial charge in [-0.1, -0.05) is 29.8 Å². The van der Waals surface area contributed by atoms with Gasteiger partial charge in [-0.25, -0.2) is 15.0 Å². The Kier molecular flexibility index (Phi) is 5.30. The van der Waals surface area contributed by atoms with E-state index >= 15 is 0 Å². The van der Waals surface area contributed by atoms with Crippen LogP contribution in [0, 0.1) is 0 Å². The second-order valence-corrected chi connectivity index (χ2v) is 6.81. The summed E-state index contributed by atoms with van der Waals surface area (Å²) < 4.78 is 0. The normalized spacial score (nSPS) is 10.8. The van der Waals surface area contributed by atoms with Crippen molar-refractivity contribution in [1.29, 1.82) is 0 Å². The monoisotopic (exact) mass is 390 g/mol. The predicted molar refractivity (Wildman–Crippen MR) is 111 cm³/mol. The number of nitrogens with one attached hydrogen (secondary N) is 1. The third kappa shape index (κ3) is 4.02. The van der Waals surface area contributed by atoms with Crippen molar-refractivity contribution in [2.45, 2.75) is 6.42 Å². The van der Waals surface area contributed by atoms with Crippen molar-refractivity contribution in [3.05, 3.63) is 78.0 Å². The van der Waals surface area contributed by atoms with E-state index in [1.165, 1.54) is 0 Å². The van der Waals surface area contributed by atoms with Gasteiger partial charge >= 0.3 is 0 Å². The van der Waals surface area contributed by atoms with Gasteiger partial charge in [0.15, 0.2) is 0 Å². The molecule has 6 nitrogen and oxygen atoms in total. The molecule has 1 N–H and O–H groups in total. The number of rotatable bonds is 6. The van der Waals surface area contributed by atoms with Crippen LogP contribution >= 0.6 is 11.6 Å². The number of hydrogen-bond acceptors (Lipinski definition) is 5. The highest BCUT2D eigenvalue weighted by Crippen LogP contribution is 2.30. The Hall–Kier alpha value is -3.25. The van der Waals surface area contributed by atoms with E-state index in [0.717, 1.165) is 41.3 Å². The van der Waals surface area contributed by atoms with E-state index in [9.17, 15) is 0 Å². The maximum Gasteiger partial charge on any atom is 0.225 e. The molecule has 0 amide bonds. The quantitative estimate of drug-likeness (QED) is 0.532. The summed E-state index contributed by atoms with van der Waals surface area (Å²) in [6.45, 7) is 0.761. The van der Waals surface area contributed by atoms with E-state index in [4.69, 9.17) is 16.6 Å². The first-order valence-electron chi connectivity index (χ1n) is 8.94. The predicted octanol–water partition coefficient (Wildman–Crippen LogP) is 4.26. The molecule has 0 fully saturated rings. The Morgan fingerprint density at radius 3 is 2.57 bits per heavy atom. The molecule has 0 radical (unpaired) electrons. The van der Waals surface area contributed by atoms with Crippen LogP contribution < -0.4 is 4.90 Å². The Morgan fingerprint density at radius 1 is 1.00 bits per heavy atom. The zero-order chi connectivity index (χ0) is 19.3. The van der Waals surface area contributed by atoms with Crippen molar-refractivity contribution < 1.29 is 0 Å². The van der Waals surface area contributed by atoms with Gasteiger partial charge in [-0.15, -0.1) is 0 Å². The lowest BCUT2D eigenvalue weighted by molar-refractivity contribution is 0.822. The van der Waals surface area contributed by atoms with Gasteiger partial charge in [0.25, 0.3) is 0 Å². The molecule has 1 aromatic carbocycles. The number of nitrogens with zero attached hydrogens (tertiary/aromatic N) is 5. The highest BCUT2D eigenvalue weighted by molar-refractivity contribution is 6.30. The molecule has 0 unspecified atom stereocenters. The van der Waals surface area contributed by atoms with Gasteiger partial charge in [0.1, 0.15) is 5.82 Å². The number of anilines is 1. The molecule has 0 atom stereocenters. The van der Waals surface area contributed by atoms with Crippen LogP contribution in [0.2, 0.25) is 5.02 Å². The topological polar surface area (TPSA) is 70.6 Å². The second kappa shape index (κ2) is 8.19. The summed E-state index contributed by atoms with van der Waals surface area (Å²) in [4.78, 5) is 23.3. The molecular formula is C21H19ClN6. The lowest BCUT2D eigenvalue weighted by Gasteiger charge is -2.18. The molecule has 0 aliphatic carbocycles. The highest BCUT2D eigenvalue weighted by Gasteiger charge is 2.15. The van der Waals surface area contributed by atoms with Crippen molar-refractivity contribution in [3.8, 4) is 22.6 Å². The van der Waals surface area contributed by atoms with Crippen LogP contribution in [0.3, 0.4) is 0 Å². The van der Waals surface area contributed by atoms with Gasteiger partial charge in [-0.2, -0.15) is 0 Å². The molecule has 4 rings (SSSR count). The largest absolute Gasteiger partial charge is 0.345 e. The molecule has 7 heteroatoms. The molecule has 3 heterocycles. The fraction of sp³-hybridized carbons (Fsp3) is 0.143. The molecular weight excluding hydrogens is 372 g/mol. The maximum atomic E-state index is 6.05. The molecule has 28 heavy (non-hydrogen) atoms. The number of imidazole rings is 1. The average molecular weight is 391 g/mol. The molecule has 0 aliphatic heterocycles. The molecule has 3 aromatic heterocycles. The third-order valence-corrected chi connectivity index (χ3v) is 4.67. The van der Waals surface area contributed by atoms with Gasteiger partial charge in [0.05, 0.1) is 11.3 Å². The van der Waals surface area contributed by atoms with Crippen molar-refractivity contribution in [1.82, 2.24) is 24.9 Å². The summed E-state index contributed by atoms with van der Waals surface area (Å²) in [5.74, 6) is 1.38. The number of hydrogen-bond donors (Lipinski definition) is 1. The summed E-state index contributed by atoms with van der Waals surface area (Å²) in [5.41, 5.74) is 3.65. The first-order chi connectivity index (χ1) is 13.7. The number of H-pyrrole nitrogens is 1. The number of pyridine rings is 1. The molecule has 0 saturated heterocycles. The van der Waals surface area contributed by atoms with Gasteiger partial charge in [-0.05, 0) is 24.3 Å². The third-order valence-electron chi connectivity index (χ3n) is 4.42. The van der Waals surface area contributed by atoms with E-state index < -0.39 is 0 Å². The Labute approximate surface area is 168 Å². The average Bonchev–Trinajstić information content (AvgIpc) is 3.28. The summed E-state index contributed by atoms with van der Waals surface area (Å²) >= 11 is 6.05. The summed E-state index contributed by atoms with van der Waals surface area (Å²) in [7, 11) is 1.98. The molecule has 0 saturated carbocycles. The van der Waals surface area contributed by atoms with Gasteiger partial charge in [0, 0.05) is 61.1 Å². The van der Waals surface area contributed by atoms with Gasteiger partial charge in [-0.3, -0.25) is 4.98 Å². The fourth-order valence-corrected chi connectivity index (χ4v) is 3.02. The Balaban J connectivity index is 1.65. The number of aromatic amines is 1. The van der Waals surface area contributed by atoms with Crippen molar-refractivity contribution in [2.75, 3.05) is 18.5 Å². The Morgan fingerprint density at radius 2 is 1.86 bits per heavy atom. The lowest BCUT2D eigenvalue weighted by atomic mass is 10.1. The van der Waals surface area contributed by atoms with Gasteiger partial charge in [0.2, 0.25) is 5.95 Å². The van der Waals surface area contributed by atoms with E-state index in [0.29, 0.717) is 11.0 Å². The van der Waals surface area contributed by atoms with Crippen LogP contribution in [0.1, 0.15) is 5.69 Å². The zero-order valence-electron chi connectivity index (χ0n) is 15.4. The van der Waals surface area contributed by atoms with E-state index in [1.54, 1.807) is 12.4 Å². The number of halogens is 1.